The number of nitrogens with zero attached hydrogens (tertiary/aromatic N) is 1. The van der Waals surface area contributed by atoms with E-state index in [1.807, 2.05) is 32.9 Å². The average molecular weight is 239 g/mol. The van der Waals surface area contributed by atoms with Gasteiger partial charge in [-0.1, -0.05) is 19.1 Å². The van der Waals surface area contributed by atoms with Crippen LogP contribution in [-0.4, -0.2) is 37.1 Å². The lowest BCUT2D eigenvalue weighted by molar-refractivity contribution is -0.154. The summed E-state index contributed by atoms with van der Waals surface area (Å²) in [6.07, 6.45) is 4.46. The summed E-state index contributed by atoms with van der Waals surface area (Å²) >= 11 is 0. The van der Waals surface area contributed by atoms with Crippen molar-refractivity contribution < 1.29 is 9.53 Å². The van der Waals surface area contributed by atoms with Gasteiger partial charge in [0.1, 0.15) is 6.61 Å². The molecule has 0 rings (SSSR count). The van der Waals surface area contributed by atoms with Crippen molar-refractivity contribution in [3.63, 3.8) is 0 Å². The molecule has 0 unspecified atom stereocenters. The molecule has 0 bridgehead atoms. The fraction of sp³-hybridized carbons (Fsp3) is 0.643. The predicted molar refractivity (Wildman–Crippen MR) is 71.9 cm³/mol. The van der Waals surface area contributed by atoms with Crippen molar-refractivity contribution in [2.24, 2.45) is 5.41 Å². The zero-order valence-corrected chi connectivity index (χ0v) is 11.4. The third-order valence-electron chi connectivity index (χ3n) is 2.85. The van der Waals surface area contributed by atoms with Gasteiger partial charge in [-0.05, 0) is 20.3 Å². The molecule has 0 heterocycles. The Labute approximate surface area is 105 Å². The second-order valence-electron chi connectivity index (χ2n) is 4.71. The molecule has 0 aliphatic carbocycles. The molecule has 3 heteroatoms. The monoisotopic (exact) mass is 239 g/mol. The Morgan fingerprint density at radius 1 is 1.29 bits per heavy atom. The van der Waals surface area contributed by atoms with E-state index in [9.17, 15) is 4.79 Å². The summed E-state index contributed by atoms with van der Waals surface area (Å²) < 4.78 is 5.27. The maximum absolute atomic E-state index is 11.7. The summed E-state index contributed by atoms with van der Waals surface area (Å²) in [5.74, 6) is -0.128. The molecule has 0 aromatic rings. The lowest BCUT2D eigenvalue weighted by Crippen LogP contribution is -2.32. The smallest absolute Gasteiger partial charge is 0.311 e. The summed E-state index contributed by atoms with van der Waals surface area (Å²) in [5.41, 5.74) is -0.387. The number of ether oxygens (including phenoxy) is 1. The second-order valence-corrected chi connectivity index (χ2v) is 4.71. The van der Waals surface area contributed by atoms with Gasteiger partial charge in [0.05, 0.1) is 5.41 Å². The first-order valence-corrected chi connectivity index (χ1v) is 6.09. The van der Waals surface area contributed by atoms with Crippen LogP contribution in [0.3, 0.4) is 0 Å². The first-order valence-electron chi connectivity index (χ1n) is 6.09. The lowest BCUT2D eigenvalue weighted by Gasteiger charge is -2.22. The highest BCUT2D eigenvalue weighted by molar-refractivity contribution is 5.75. The van der Waals surface area contributed by atoms with Gasteiger partial charge in [0.2, 0.25) is 0 Å². The molecule has 0 aromatic heterocycles. The van der Waals surface area contributed by atoms with Crippen molar-refractivity contribution in [2.45, 2.75) is 27.2 Å². The first kappa shape index (κ1) is 15.9. The lowest BCUT2D eigenvalue weighted by atomic mass is 9.91. The molecule has 0 fully saturated rings. The van der Waals surface area contributed by atoms with Gasteiger partial charge in [0.25, 0.3) is 0 Å². The minimum Gasteiger partial charge on any atom is -0.464 e. The maximum atomic E-state index is 11.7. The van der Waals surface area contributed by atoms with Gasteiger partial charge >= 0.3 is 5.97 Å². The molecule has 0 aliphatic heterocycles. The first-order chi connectivity index (χ1) is 7.97. The Balaban J connectivity index is 3.99. The van der Waals surface area contributed by atoms with Crippen LogP contribution in [0.2, 0.25) is 0 Å². The van der Waals surface area contributed by atoms with E-state index < -0.39 is 0 Å². The number of rotatable bonds is 9. The Hall–Kier alpha value is -1.09. The van der Waals surface area contributed by atoms with Gasteiger partial charge in [-0.25, -0.2) is 0 Å². The van der Waals surface area contributed by atoms with E-state index in [2.05, 4.69) is 18.1 Å². The molecular weight excluding hydrogens is 214 g/mol. The second kappa shape index (κ2) is 8.07. The molecule has 0 saturated heterocycles. The van der Waals surface area contributed by atoms with Crippen molar-refractivity contribution in [1.29, 1.82) is 0 Å². The van der Waals surface area contributed by atoms with Crippen LogP contribution in [0.5, 0.6) is 0 Å². The summed E-state index contributed by atoms with van der Waals surface area (Å²) in [6.45, 7) is 15.9. The molecule has 17 heavy (non-hydrogen) atoms. The van der Waals surface area contributed by atoms with Crippen LogP contribution in [0.4, 0.5) is 0 Å². The van der Waals surface area contributed by atoms with E-state index in [-0.39, 0.29) is 11.4 Å². The highest BCUT2D eigenvalue weighted by Crippen LogP contribution is 2.21. The highest BCUT2D eigenvalue weighted by Gasteiger charge is 2.26. The molecule has 0 aromatic carbocycles. The van der Waals surface area contributed by atoms with Gasteiger partial charge in [0, 0.05) is 19.6 Å². The SMILES string of the molecule is C=CCN(CC=C)CCOC(=O)C(C)(C)CC. The van der Waals surface area contributed by atoms with E-state index >= 15 is 0 Å². The summed E-state index contributed by atoms with van der Waals surface area (Å²) in [7, 11) is 0. The topological polar surface area (TPSA) is 29.5 Å². The van der Waals surface area contributed by atoms with Crippen LogP contribution in [0, 0.1) is 5.41 Å². The van der Waals surface area contributed by atoms with Crippen LogP contribution < -0.4 is 0 Å². The number of esters is 1. The number of carbonyl (C=O) groups is 1. The highest BCUT2D eigenvalue weighted by atomic mass is 16.5. The number of hydrogen-bond donors (Lipinski definition) is 0. The molecule has 3 nitrogen and oxygen atoms in total. The standard InChI is InChI=1S/C14H25NO2/c1-6-9-15(10-7-2)11-12-17-13(16)14(4,5)8-3/h6-7H,1-2,8-12H2,3-5H3. The number of hydrogen-bond acceptors (Lipinski definition) is 3. The summed E-state index contributed by atoms with van der Waals surface area (Å²) in [6, 6.07) is 0. The molecule has 98 valence electrons. The largest absolute Gasteiger partial charge is 0.464 e. The molecule has 0 atom stereocenters. The normalized spacial score (nSPS) is 11.3. The van der Waals surface area contributed by atoms with Crippen LogP contribution in [-0.2, 0) is 9.53 Å². The van der Waals surface area contributed by atoms with Crippen LogP contribution in [0.15, 0.2) is 25.3 Å². The molecule has 0 spiro atoms. The van der Waals surface area contributed by atoms with Crippen molar-refractivity contribution >= 4 is 5.97 Å². The molecule has 0 N–H and O–H groups in total. The zero-order valence-electron chi connectivity index (χ0n) is 11.4. The molecule has 0 aliphatic rings. The Morgan fingerprint density at radius 2 is 1.82 bits per heavy atom. The van der Waals surface area contributed by atoms with Crippen molar-refractivity contribution in [2.75, 3.05) is 26.2 Å². The van der Waals surface area contributed by atoms with Gasteiger partial charge in [-0.15, -0.1) is 13.2 Å². The van der Waals surface area contributed by atoms with E-state index in [0.29, 0.717) is 13.2 Å². The quantitative estimate of drug-likeness (QED) is 0.457. The fourth-order valence-corrected chi connectivity index (χ4v) is 1.23. The van der Waals surface area contributed by atoms with Crippen LogP contribution in [0.25, 0.3) is 0 Å². The average Bonchev–Trinajstić information content (AvgIpc) is 2.29. The van der Waals surface area contributed by atoms with Crippen molar-refractivity contribution in [3.8, 4) is 0 Å². The summed E-state index contributed by atoms with van der Waals surface area (Å²) in [5, 5.41) is 0. The van der Waals surface area contributed by atoms with Crippen LogP contribution >= 0.6 is 0 Å². The molecular formula is C14H25NO2. The van der Waals surface area contributed by atoms with Crippen LogP contribution in [0.1, 0.15) is 27.2 Å². The molecule has 0 radical (unpaired) electrons. The third-order valence-corrected chi connectivity index (χ3v) is 2.85. The van der Waals surface area contributed by atoms with E-state index in [1.54, 1.807) is 0 Å². The summed E-state index contributed by atoms with van der Waals surface area (Å²) in [4.78, 5) is 13.8. The van der Waals surface area contributed by atoms with Crippen molar-refractivity contribution in [1.82, 2.24) is 4.90 Å². The third kappa shape index (κ3) is 6.27. The van der Waals surface area contributed by atoms with E-state index in [4.69, 9.17) is 4.74 Å². The predicted octanol–water partition coefficient (Wildman–Crippen LogP) is 2.64. The minimum absolute atomic E-state index is 0.128. The molecule has 0 amide bonds. The van der Waals surface area contributed by atoms with Gasteiger partial charge in [-0.3, -0.25) is 9.69 Å². The maximum Gasteiger partial charge on any atom is 0.311 e. The zero-order chi connectivity index (χ0) is 13.3. The van der Waals surface area contributed by atoms with E-state index in [0.717, 1.165) is 19.5 Å². The Morgan fingerprint density at radius 3 is 2.24 bits per heavy atom. The van der Waals surface area contributed by atoms with Crippen molar-refractivity contribution in [3.05, 3.63) is 25.3 Å². The number of carbonyl (C=O) groups excluding carboxylic acids is 1. The minimum atomic E-state index is -0.387. The fourth-order valence-electron chi connectivity index (χ4n) is 1.23. The Kier molecular flexibility index (Phi) is 7.55. The molecule has 0 saturated carbocycles. The van der Waals surface area contributed by atoms with Gasteiger partial charge < -0.3 is 4.74 Å². The van der Waals surface area contributed by atoms with E-state index in [1.165, 1.54) is 0 Å². The van der Waals surface area contributed by atoms with Gasteiger partial charge in [-0.2, -0.15) is 0 Å². The Bertz CT molecular complexity index is 249. The van der Waals surface area contributed by atoms with Gasteiger partial charge in [0.15, 0.2) is 0 Å².